The molecule has 1 aliphatic heterocycles. The first-order valence-corrected chi connectivity index (χ1v) is 6.92. The minimum absolute atomic E-state index is 0.0845. The number of urea groups is 1. The van der Waals surface area contributed by atoms with Gasteiger partial charge in [0.15, 0.2) is 0 Å². The SMILES string of the molecule is O=C(O)CC[C@H]1NC(=O)N(c2cccc3ccccc23)C1=O. The van der Waals surface area contributed by atoms with E-state index in [9.17, 15) is 14.4 Å². The molecule has 1 aliphatic rings. The van der Waals surface area contributed by atoms with E-state index in [2.05, 4.69) is 5.32 Å². The van der Waals surface area contributed by atoms with Crippen LogP contribution in [-0.2, 0) is 9.59 Å². The highest BCUT2D eigenvalue weighted by atomic mass is 16.4. The first-order chi connectivity index (χ1) is 10.6. The van der Waals surface area contributed by atoms with Crippen LogP contribution in [0.25, 0.3) is 10.8 Å². The molecule has 1 saturated heterocycles. The van der Waals surface area contributed by atoms with Crippen LogP contribution in [0.4, 0.5) is 10.5 Å². The second-order valence-corrected chi connectivity index (χ2v) is 5.11. The molecule has 0 unspecified atom stereocenters. The highest BCUT2D eigenvalue weighted by Gasteiger charge is 2.39. The van der Waals surface area contributed by atoms with Crippen molar-refractivity contribution < 1.29 is 19.5 Å². The van der Waals surface area contributed by atoms with Gasteiger partial charge >= 0.3 is 12.0 Å². The summed E-state index contributed by atoms with van der Waals surface area (Å²) in [5, 5.41) is 13.0. The Morgan fingerprint density at radius 3 is 2.64 bits per heavy atom. The maximum atomic E-state index is 12.4. The zero-order chi connectivity index (χ0) is 15.7. The number of carbonyl (C=O) groups is 3. The predicted octanol–water partition coefficient (Wildman–Crippen LogP) is 2.13. The number of anilines is 1. The normalized spacial score (nSPS) is 17.8. The van der Waals surface area contributed by atoms with Crippen molar-refractivity contribution in [2.45, 2.75) is 18.9 Å². The van der Waals surface area contributed by atoms with Crippen LogP contribution in [0.1, 0.15) is 12.8 Å². The molecule has 22 heavy (non-hydrogen) atoms. The van der Waals surface area contributed by atoms with Crippen molar-refractivity contribution in [2.24, 2.45) is 0 Å². The average Bonchev–Trinajstić information content (AvgIpc) is 2.79. The quantitative estimate of drug-likeness (QED) is 0.847. The molecule has 1 heterocycles. The third-order valence-corrected chi connectivity index (χ3v) is 3.67. The van der Waals surface area contributed by atoms with Crippen LogP contribution in [0.3, 0.4) is 0 Å². The number of amides is 3. The Labute approximate surface area is 126 Å². The smallest absolute Gasteiger partial charge is 0.329 e. The minimum atomic E-state index is -0.995. The highest BCUT2D eigenvalue weighted by Crippen LogP contribution is 2.29. The molecule has 6 heteroatoms. The van der Waals surface area contributed by atoms with E-state index in [4.69, 9.17) is 5.11 Å². The number of hydrogen-bond donors (Lipinski definition) is 2. The van der Waals surface area contributed by atoms with E-state index in [1.165, 1.54) is 0 Å². The lowest BCUT2D eigenvalue weighted by atomic mass is 10.1. The van der Waals surface area contributed by atoms with Gasteiger partial charge in [-0.05, 0) is 17.9 Å². The number of aliphatic carboxylic acids is 1. The Hall–Kier alpha value is -2.89. The van der Waals surface area contributed by atoms with E-state index in [1.807, 2.05) is 30.3 Å². The molecule has 1 fully saturated rings. The molecule has 112 valence electrons. The van der Waals surface area contributed by atoms with Crippen LogP contribution >= 0.6 is 0 Å². The molecule has 0 bridgehead atoms. The summed E-state index contributed by atoms with van der Waals surface area (Å²) in [6.07, 6.45) is -0.0821. The number of carbonyl (C=O) groups excluding carboxylic acids is 2. The number of imide groups is 1. The average molecular weight is 298 g/mol. The van der Waals surface area contributed by atoms with Gasteiger partial charge in [-0.2, -0.15) is 0 Å². The van der Waals surface area contributed by atoms with Gasteiger partial charge in [0.1, 0.15) is 6.04 Å². The van der Waals surface area contributed by atoms with Crippen molar-refractivity contribution in [1.82, 2.24) is 5.32 Å². The summed E-state index contributed by atoms with van der Waals surface area (Å²) in [6.45, 7) is 0. The number of nitrogens with zero attached hydrogens (tertiary/aromatic N) is 1. The Balaban J connectivity index is 1.95. The number of carboxylic acids is 1. The van der Waals surface area contributed by atoms with Gasteiger partial charge in [-0.25, -0.2) is 9.69 Å². The molecule has 0 saturated carbocycles. The molecule has 0 radical (unpaired) electrons. The van der Waals surface area contributed by atoms with Crippen LogP contribution < -0.4 is 10.2 Å². The lowest BCUT2D eigenvalue weighted by molar-refractivity contribution is -0.137. The molecule has 1 atom stereocenters. The van der Waals surface area contributed by atoms with Crippen LogP contribution in [0.5, 0.6) is 0 Å². The zero-order valence-corrected chi connectivity index (χ0v) is 11.7. The van der Waals surface area contributed by atoms with Crippen LogP contribution in [0, 0.1) is 0 Å². The number of benzene rings is 2. The molecular formula is C16H14N2O4. The van der Waals surface area contributed by atoms with E-state index in [-0.39, 0.29) is 12.8 Å². The van der Waals surface area contributed by atoms with Crippen LogP contribution in [0.15, 0.2) is 42.5 Å². The van der Waals surface area contributed by atoms with Gasteiger partial charge in [0.25, 0.3) is 5.91 Å². The fraction of sp³-hybridized carbons (Fsp3) is 0.188. The molecule has 0 aromatic heterocycles. The van der Waals surface area contributed by atoms with Gasteiger partial charge in [-0.15, -0.1) is 0 Å². The van der Waals surface area contributed by atoms with Gasteiger partial charge in [0, 0.05) is 11.8 Å². The predicted molar refractivity (Wildman–Crippen MR) is 80.6 cm³/mol. The van der Waals surface area contributed by atoms with Crippen molar-refractivity contribution in [2.75, 3.05) is 4.90 Å². The second-order valence-electron chi connectivity index (χ2n) is 5.11. The summed E-state index contributed by atoms with van der Waals surface area (Å²) in [5.74, 6) is -1.41. The largest absolute Gasteiger partial charge is 0.481 e. The zero-order valence-electron chi connectivity index (χ0n) is 11.7. The van der Waals surface area contributed by atoms with Gasteiger partial charge in [0.2, 0.25) is 0 Å². The minimum Gasteiger partial charge on any atom is -0.481 e. The molecule has 2 aromatic rings. The first-order valence-electron chi connectivity index (χ1n) is 6.92. The number of fused-ring (bicyclic) bond motifs is 1. The van der Waals surface area contributed by atoms with Gasteiger partial charge in [0.05, 0.1) is 5.69 Å². The molecule has 0 aliphatic carbocycles. The third-order valence-electron chi connectivity index (χ3n) is 3.67. The van der Waals surface area contributed by atoms with Crippen molar-refractivity contribution in [3.8, 4) is 0 Å². The number of rotatable bonds is 4. The molecule has 0 spiro atoms. The standard InChI is InChI=1S/C16H14N2O4/c19-14(20)9-8-12-15(21)18(16(22)17-12)13-7-3-5-10-4-1-2-6-11(10)13/h1-7,12H,8-9H2,(H,17,22)(H,19,20)/t12-/m1/s1. The Bertz CT molecular complexity index is 766. The van der Waals surface area contributed by atoms with E-state index in [0.717, 1.165) is 15.7 Å². The first kappa shape index (κ1) is 14.1. The molecule has 6 nitrogen and oxygen atoms in total. The summed E-state index contributed by atoms with van der Waals surface area (Å²) in [5.41, 5.74) is 0.512. The number of nitrogens with one attached hydrogen (secondary N) is 1. The molecule has 3 amide bonds. The Morgan fingerprint density at radius 2 is 1.86 bits per heavy atom. The monoisotopic (exact) mass is 298 g/mol. The van der Waals surface area contributed by atoms with E-state index < -0.39 is 23.9 Å². The fourth-order valence-electron chi connectivity index (χ4n) is 2.63. The summed E-state index contributed by atoms with van der Waals surface area (Å²) >= 11 is 0. The fourth-order valence-corrected chi connectivity index (χ4v) is 2.63. The summed E-state index contributed by atoms with van der Waals surface area (Å²) in [7, 11) is 0. The van der Waals surface area contributed by atoms with Crippen molar-refractivity contribution >= 4 is 34.4 Å². The summed E-state index contributed by atoms with van der Waals surface area (Å²) in [6, 6.07) is 11.6. The van der Waals surface area contributed by atoms with Gasteiger partial charge < -0.3 is 10.4 Å². The van der Waals surface area contributed by atoms with Crippen LogP contribution in [-0.4, -0.2) is 29.1 Å². The molecule has 2 aromatic carbocycles. The summed E-state index contributed by atoms with van der Waals surface area (Å²) in [4.78, 5) is 36.3. The lowest BCUT2D eigenvalue weighted by Gasteiger charge is -2.15. The highest BCUT2D eigenvalue weighted by molar-refractivity contribution is 6.24. The third kappa shape index (κ3) is 2.39. The molecule has 2 N–H and O–H groups in total. The Kier molecular flexibility index (Phi) is 3.50. The van der Waals surface area contributed by atoms with E-state index in [1.54, 1.807) is 12.1 Å². The Morgan fingerprint density at radius 1 is 1.14 bits per heavy atom. The number of carboxylic acid groups (broad SMARTS) is 1. The molecule has 3 rings (SSSR count). The van der Waals surface area contributed by atoms with Crippen molar-refractivity contribution in [3.05, 3.63) is 42.5 Å². The summed E-state index contributed by atoms with van der Waals surface area (Å²) < 4.78 is 0. The van der Waals surface area contributed by atoms with E-state index in [0.29, 0.717) is 5.69 Å². The van der Waals surface area contributed by atoms with Gasteiger partial charge in [-0.1, -0.05) is 36.4 Å². The van der Waals surface area contributed by atoms with E-state index >= 15 is 0 Å². The van der Waals surface area contributed by atoms with Crippen molar-refractivity contribution in [3.63, 3.8) is 0 Å². The number of hydrogen-bond acceptors (Lipinski definition) is 3. The van der Waals surface area contributed by atoms with Crippen molar-refractivity contribution in [1.29, 1.82) is 0 Å². The maximum Gasteiger partial charge on any atom is 0.329 e. The topological polar surface area (TPSA) is 86.7 Å². The second kappa shape index (κ2) is 5.48. The van der Waals surface area contributed by atoms with Crippen LogP contribution in [0.2, 0.25) is 0 Å². The maximum absolute atomic E-state index is 12.4. The van der Waals surface area contributed by atoms with Gasteiger partial charge in [-0.3, -0.25) is 9.59 Å². The molecular weight excluding hydrogens is 284 g/mol. The lowest BCUT2D eigenvalue weighted by Crippen LogP contribution is -2.31.